The quantitative estimate of drug-likeness (QED) is 0.842. The van der Waals surface area contributed by atoms with Crippen molar-refractivity contribution in [2.24, 2.45) is 0 Å². The minimum Gasteiger partial charge on any atom is -0.352 e. The zero-order valence-corrected chi connectivity index (χ0v) is 11.1. The van der Waals surface area contributed by atoms with Crippen LogP contribution in [0.15, 0.2) is 29.6 Å². The van der Waals surface area contributed by atoms with Crippen LogP contribution in [0.2, 0.25) is 0 Å². The van der Waals surface area contributed by atoms with E-state index in [1.807, 2.05) is 36.6 Å². The van der Waals surface area contributed by atoms with E-state index >= 15 is 0 Å². The van der Waals surface area contributed by atoms with E-state index in [0.717, 1.165) is 22.1 Å². The second-order valence-electron chi connectivity index (χ2n) is 3.97. The van der Waals surface area contributed by atoms with Gasteiger partial charge in [-0.1, -0.05) is 18.2 Å². The first-order valence-corrected chi connectivity index (χ1v) is 6.88. The molecule has 2 aromatic rings. The number of rotatable bonds is 4. The molecule has 1 unspecified atom stereocenters. The second-order valence-corrected chi connectivity index (χ2v) is 5.63. The van der Waals surface area contributed by atoms with Crippen molar-refractivity contribution >= 4 is 38.9 Å². The number of amides is 1. The van der Waals surface area contributed by atoms with Gasteiger partial charge in [-0.15, -0.1) is 22.9 Å². The Balaban J connectivity index is 2.09. The van der Waals surface area contributed by atoms with E-state index in [1.165, 1.54) is 0 Å². The lowest BCUT2D eigenvalue weighted by molar-refractivity contribution is 0.0955. The van der Waals surface area contributed by atoms with Crippen LogP contribution >= 0.6 is 22.9 Å². The van der Waals surface area contributed by atoms with Crippen molar-refractivity contribution in [3.63, 3.8) is 0 Å². The van der Waals surface area contributed by atoms with E-state index in [0.29, 0.717) is 6.54 Å². The van der Waals surface area contributed by atoms with Crippen LogP contribution in [0.25, 0.3) is 10.1 Å². The number of carbonyl (C=O) groups is 1. The summed E-state index contributed by atoms with van der Waals surface area (Å²) in [5, 5.41) is 5.91. The predicted molar refractivity (Wildman–Crippen MR) is 74.1 cm³/mol. The number of thiophene rings is 1. The van der Waals surface area contributed by atoms with Crippen molar-refractivity contribution in [3.05, 3.63) is 35.2 Å². The van der Waals surface area contributed by atoms with Crippen molar-refractivity contribution < 1.29 is 4.79 Å². The third-order valence-corrected chi connectivity index (χ3v) is 3.73. The number of hydrogen-bond donors (Lipinski definition) is 1. The van der Waals surface area contributed by atoms with E-state index in [4.69, 9.17) is 11.6 Å². The van der Waals surface area contributed by atoms with Gasteiger partial charge in [0.15, 0.2) is 0 Å². The van der Waals surface area contributed by atoms with Gasteiger partial charge in [-0.3, -0.25) is 4.79 Å². The second kappa shape index (κ2) is 5.52. The Kier molecular flexibility index (Phi) is 4.02. The molecule has 0 radical (unpaired) electrons. The fourth-order valence-corrected chi connectivity index (χ4v) is 2.68. The number of alkyl halides is 1. The Morgan fingerprint density at radius 2 is 2.24 bits per heavy atom. The van der Waals surface area contributed by atoms with Crippen LogP contribution in [-0.4, -0.2) is 17.8 Å². The van der Waals surface area contributed by atoms with Gasteiger partial charge >= 0.3 is 0 Å². The van der Waals surface area contributed by atoms with Gasteiger partial charge in [0, 0.05) is 27.4 Å². The van der Waals surface area contributed by atoms with Gasteiger partial charge in [0.1, 0.15) is 0 Å². The lowest BCUT2D eigenvalue weighted by Gasteiger charge is -2.05. The molecule has 0 aliphatic rings. The molecule has 1 N–H and O–H groups in total. The van der Waals surface area contributed by atoms with Gasteiger partial charge in [-0.05, 0) is 19.4 Å². The van der Waals surface area contributed by atoms with Gasteiger partial charge in [0.2, 0.25) is 0 Å². The standard InChI is InChI=1S/C13H14ClNOS/c1-9(14)6-7-15-13(16)11-8-17-12-5-3-2-4-10(11)12/h2-5,8-9H,6-7H2,1H3,(H,15,16). The van der Waals surface area contributed by atoms with E-state index in [2.05, 4.69) is 5.32 Å². The molecular weight excluding hydrogens is 254 g/mol. The molecule has 0 fully saturated rings. The molecule has 1 atom stereocenters. The summed E-state index contributed by atoms with van der Waals surface area (Å²) in [4.78, 5) is 12.0. The lowest BCUT2D eigenvalue weighted by atomic mass is 10.1. The zero-order valence-electron chi connectivity index (χ0n) is 9.57. The third kappa shape index (κ3) is 2.99. The maximum atomic E-state index is 12.0. The van der Waals surface area contributed by atoms with Gasteiger partial charge in [-0.2, -0.15) is 0 Å². The molecule has 0 aliphatic heterocycles. The summed E-state index contributed by atoms with van der Waals surface area (Å²) in [6.45, 7) is 2.54. The molecule has 90 valence electrons. The average Bonchev–Trinajstić information content (AvgIpc) is 2.72. The van der Waals surface area contributed by atoms with Crippen molar-refractivity contribution in [3.8, 4) is 0 Å². The first-order valence-electron chi connectivity index (χ1n) is 5.57. The van der Waals surface area contributed by atoms with E-state index in [1.54, 1.807) is 11.3 Å². The van der Waals surface area contributed by atoms with Crippen molar-refractivity contribution in [1.29, 1.82) is 0 Å². The number of hydrogen-bond acceptors (Lipinski definition) is 2. The molecule has 0 spiro atoms. The van der Waals surface area contributed by atoms with Gasteiger partial charge < -0.3 is 5.32 Å². The highest BCUT2D eigenvalue weighted by atomic mass is 35.5. The number of fused-ring (bicyclic) bond motifs is 1. The fourth-order valence-electron chi connectivity index (χ4n) is 1.63. The van der Waals surface area contributed by atoms with Crippen molar-refractivity contribution in [2.45, 2.75) is 18.7 Å². The monoisotopic (exact) mass is 267 g/mol. The zero-order chi connectivity index (χ0) is 12.3. The largest absolute Gasteiger partial charge is 0.352 e. The maximum absolute atomic E-state index is 12.0. The van der Waals surface area contributed by atoms with Gasteiger partial charge in [0.05, 0.1) is 5.56 Å². The molecule has 0 saturated carbocycles. The average molecular weight is 268 g/mol. The molecular formula is C13H14ClNOS. The molecule has 0 saturated heterocycles. The molecule has 1 aromatic heterocycles. The Hall–Kier alpha value is -1.06. The van der Waals surface area contributed by atoms with E-state index < -0.39 is 0 Å². The minimum atomic E-state index is -0.0141. The van der Waals surface area contributed by atoms with E-state index in [-0.39, 0.29) is 11.3 Å². The molecule has 1 heterocycles. The van der Waals surface area contributed by atoms with Crippen LogP contribution in [0.3, 0.4) is 0 Å². The third-order valence-electron chi connectivity index (χ3n) is 2.55. The normalized spacial score (nSPS) is 12.6. The van der Waals surface area contributed by atoms with Gasteiger partial charge in [0.25, 0.3) is 5.91 Å². The Labute approximate surface area is 110 Å². The summed E-state index contributed by atoms with van der Waals surface area (Å²) in [5.74, 6) is -0.0141. The molecule has 4 heteroatoms. The molecule has 17 heavy (non-hydrogen) atoms. The lowest BCUT2D eigenvalue weighted by Crippen LogP contribution is -2.25. The number of nitrogens with one attached hydrogen (secondary N) is 1. The molecule has 2 nitrogen and oxygen atoms in total. The van der Waals surface area contributed by atoms with Crippen LogP contribution in [0.5, 0.6) is 0 Å². The number of carbonyl (C=O) groups excluding carboxylic acids is 1. The van der Waals surface area contributed by atoms with Crippen LogP contribution in [0, 0.1) is 0 Å². The maximum Gasteiger partial charge on any atom is 0.252 e. The molecule has 0 bridgehead atoms. The summed E-state index contributed by atoms with van der Waals surface area (Å²) in [6, 6.07) is 7.94. The Morgan fingerprint density at radius 1 is 1.47 bits per heavy atom. The Morgan fingerprint density at radius 3 is 3.00 bits per heavy atom. The smallest absolute Gasteiger partial charge is 0.252 e. The fraction of sp³-hybridized carbons (Fsp3) is 0.308. The molecule has 0 aliphatic carbocycles. The summed E-state index contributed by atoms with van der Waals surface area (Å²) in [5.41, 5.74) is 0.757. The predicted octanol–water partition coefficient (Wildman–Crippen LogP) is 3.65. The summed E-state index contributed by atoms with van der Waals surface area (Å²) < 4.78 is 1.14. The van der Waals surface area contributed by atoms with Crippen LogP contribution in [0.1, 0.15) is 23.7 Å². The highest BCUT2D eigenvalue weighted by Crippen LogP contribution is 2.25. The summed E-state index contributed by atoms with van der Waals surface area (Å²) in [7, 11) is 0. The van der Waals surface area contributed by atoms with Crippen molar-refractivity contribution in [2.75, 3.05) is 6.54 Å². The Bertz CT molecular complexity index is 521. The summed E-state index contributed by atoms with van der Waals surface area (Å²) >= 11 is 7.43. The molecule has 2 rings (SSSR count). The topological polar surface area (TPSA) is 29.1 Å². The molecule has 1 amide bonds. The highest BCUT2D eigenvalue weighted by molar-refractivity contribution is 7.17. The van der Waals surface area contributed by atoms with Crippen LogP contribution < -0.4 is 5.32 Å². The SMILES string of the molecule is CC(Cl)CCNC(=O)c1csc2ccccc12. The minimum absolute atomic E-state index is 0.0141. The number of benzene rings is 1. The highest BCUT2D eigenvalue weighted by Gasteiger charge is 2.11. The first kappa shape index (κ1) is 12.4. The van der Waals surface area contributed by atoms with Crippen LogP contribution in [0.4, 0.5) is 0 Å². The van der Waals surface area contributed by atoms with Gasteiger partial charge in [-0.25, -0.2) is 0 Å². The first-order chi connectivity index (χ1) is 8.18. The molecule has 1 aromatic carbocycles. The summed E-state index contributed by atoms with van der Waals surface area (Å²) in [6.07, 6.45) is 0.787. The number of halogens is 1. The van der Waals surface area contributed by atoms with Crippen molar-refractivity contribution in [1.82, 2.24) is 5.32 Å². The van der Waals surface area contributed by atoms with Crippen LogP contribution in [-0.2, 0) is 0 Å². The van der Waals surface area contributed by atoms with E-state index in [9.17, 15) is 4.79 Å².